The molecular formula is C5H6ClNO. The third kappa shape index (κ3) is 2.49. The second-order valence-electron chi connectivity index (χ2n) is 1.24. The van der Waals surface area contributed by atoms with Crippen LogP contribution in [0.3, 0.4) is 0 Å². The van der Waals surface area contributed by atoms with Crippen molar-refractivity contribution >= 4 is 17.7 Å². The molecule has 0 radical (unpaired) electrons. The third-order valence-corrected chi connectivity index (χ3v) is 0.929. The molecular weight excluding hydrogens is 126 g/mol. The predicted octanol–water partition coefficient (Wildman–Crippen LogP) is 0.622. The molecule has 0 aromatic rings. The molecule has 0 spiro atoms. The standard InChI is InChI=1S/C5H6ClNO/c1-3-4-7(6)5(2)8/h1H,4H2,2H3. The van der Waals surface area contributed by atoms with Crippen LogP contribution in [0.5, 0.6) is 0 Å². The second-order valence-corrected chi connectivity index (χ2v) is 1.65. The lowest BCUT2D eigenvalue weighted by Gasteiger charge is -2.03. The first-order valence-electron chi connectivity index (χ1n) is 2.06. The Morgan fingerprint density at radius 1 is 2.00 bits per heavy atom. The molecule has 1 amide bonds. The molecule has 0 rings (SSSR count). The number of terminal acetylenes is 1. The lowest BCUT2D eigenvalue weighted by atomic mass is 10.6. The Balaban J connectivity index is 3.52. The van der Waals surface area contributed by atoms with E-state index in [0.717, 1.165) is 4.42 Å². The van der Waals surface area contributed by atoms with Crippen LogP contribution in [0.1, 0.15) is 6.92 Å². The zero-order chi connectivity index (χ0) is 6.57. The molecule has 8 heavy (non-hydrogen) atoms. The fourth-order valence-corrected chi connectivity index (χ4v) is 0.260. The van der Waals surface area contributed by atoms with Crippen molar-refractivity contribution in [2.45, 2.75) is 6.92 Å². The Labute approximate surface area is 53.5 Å². The summed E-state index contributed by atoms with van der Waals surface area (Å²) in [6.07, 6.45) is 4.84. The van der Waals surface area contributed by atoms with Crippen molar-refractivity contribution in [1.29, 1.82) is 0 Å². The first kappa shape index (κ1) is 7.32. The molecule has 2 nitrogen and oxygen atoms in total. The van der Waals surface area contributed by atoms with Gasteiger partial charge in [-0.25, -0.2) is 4.42 Å². The van der Waals surface area contributed by atoms with Gasteiger partial charge in [0.05, 0.1) is 6.54 Å². The summed E-state index contributed by atoms with van der Waals surface area (Å²) in [4.78, 5) is 10.2. The van der Waals surface area contributed by atoms with E-state index in [9.17, 15) is 4.79 Å². The maximum atomic E-state index is 10.2. The van der Waals surface area contributed by atoms with E-state index in [1.807, 2.05) is 0 Å². The molecule has 0 bridgehead atoms. The van der Waals surface area contributed by atoms with E-state index >= 15 is 0 Å². The van der Waals surface area contributed by atoms with E-state index in [0.29, 0.717) is 0 Å². The summed E-state index contributed by atoms with van der Waals surface area (Å²) in [5.74, 6) is 1.99. The summed E-state index contributed by atoms with van der Waals surface area (Å²) in [6, 6.07) is 0. The zero-order valence-corrected chi connectivity index (χ0v) is 5.27. The van der Waals surface area contributed by atoms with E-state index in [1.54, 1.807) is 0 Å². The highest BCUT2D eigenvalue weighted by Crippen LogP contribution is 1.90. The number of carbonyl (C=O) groups excluding carboxylic acids is 1. The third-order valence-electron chi connectivity index (χ3n) is 0.572. The van der Waals surface area contributed by atoms with E-state index in [4.69, 9.17) is 18.2 Å². The first-order chi connectivity index (χ1) is 3.68. The molecule has 0 unspecified atom stereocenters. The highest BCUT2D eigenvalue weighted by Gasteiger charge is 1.99. The molecule has 0 aromatic heterocycles. The second kappa shape index (κ2) is 3.34. The summed E-state index contributed by atoms with van der Waals surface area (Å²) in [6.45, 7) is 1.52. The van der Waals surface area contributed by atoms with E-state index in [1.165, 1.54) is 6.92 Å². The van der Waals surface area contributed by atoms with Crippen molar-refractivity contribution < 1.29 is 4.79 Å². The van der Waals surface area contributed by atoms with Crippen molar-refractivity contribution in [3.63, 3.8) is 0 Å². The molecule has 0 saturated heterocycles. The topological polar surface area (TPSA) is 20.3 Å². The lowest BCUT2D eigenvalue weighted by molar-refractivity contribution is -0.123. The van der Waals surface area contributed by atoms with Gasteiger partial charge in [0, 0.05) is 18.7 Å². The molecule has 0 aliphatic rings. The fraction of sp³-hybridized carbons (Fsp3) is 0.400. The molecule has 0 N–H and O–H groups in total. The van der Waals surface area contributed by atoms with Gasteiger partial charge in [-0.1, -0.05) is 5.92 Å². The monoisotopic (exact) mass is 131 g/mol. The van der Waals surface area contributed by atoms with Gasteiger partial charge in [-0.15, -0.1) is 6.42 Å². The van der Waals surface area contributed by atoms with Crippen LogP contribution in [0.15, 0.2) is 0 Å². The van der Waals surface area contributed by atoms with Crippen molar-refractivity contribution in [2.24, 2.45) is 0 Å². The van der Waals surface area contributed by atoms with Crippen LogP contribution in [0.2, 0.25) is 0 Å². The minimum Gasteiger partial charge on any atom is -0.274 e. The fourth-order valence-electron chi connectivity index (χ4n) is 0.191. The number of carbonyl (C=O) groups is 1. The zero-order valence-electron chi connectivity index (χ0n) is 4.52. The Kier molecular flexibility index (Phi) is 3.05. The maximum Gasteiger partial charge on any atom is 0.234 e. The summed E-state index contributed by atoms with van der Waals surface area (Å²) < 4.78 is 0.944. The highest BCUT2D eigenvalue weighted by molar-refractivity contribution is 6.21. The highest BCUT2D eigenvalue weighted by atomic mass is 35.5. The van der Waals surface area contributed by atoms with Crippen LogP contribution >= 0.6 is 11.8 Å². The van der Waals surface area contributed by atoms with E-state index < -0.39 is 0 Å². The number of hydrogen-bond acceptors (Lipinski definition) is 1. The van der Waals surface area contributed by atoms with Crippen molar-refractivity contribution in [3.8, 4) is 12.3 Å². The van der Waals surface area contributed by atoms with Gasteiger partial charge in [0.15, 0.2) is 0 Å². The predicted molar refractivity (Wildman–Crippen MR) is 32.1 cm³/mol. The van der Waals surface area contributed by atoms with E-state index in [2.05, 4.69) is 5.92 Å². The van der Waals surface area contributed by atoms with Crippen LogP contribution < -0.4 is 0 Å². The van der Waals surface area contributed by atoms with Gasteiger partial charge in [0.2, 0.25) is 5.91 Å². The minimum atomic E-state index is -0.232. The van der Waals surface area contributed by atoms with Crippen LogP contribution in [-0.2, 0) is 4.79 Å². The van der Waals surface area contributed by atoms with Crippen molar-refractivity contribution in [1.82, 2.24) is 4.42 Å². The molecule has 0 saturated carbocycles. The number of amides is 1. The molecule has 0 aliphatic carbocycles. The Bertz CT molecular complexity index is 127. The molecule has 3 heteroatoms. The number of hydrogen-bond donors (Lipinski definition) is 0. The van der Waals surface area contributed by atoms with Gasteiger partial charge in [0.1, 0.15) is 0 Å². The summed E-state index contributed by atoms with van der Waals surface area (Å²) in [7, 11) is 0. The van der Waals surface area contributed by atoms with E-state index in [-0.39, 0.29) is 12.5 Å². The SMILES string of the molecule is C#CCN(Cl)C(C)=O. The summed E-state index contributed by atoms with van der Waals surface area (Å²) >= 11 is 5.26. The summed E-state index contributed by atoms with van der Waals surface area (Å²) in [5, 5.41) is 0. The van der Waals surface area contributed by atoms with Crippen LogP contribution in [0.4, 0.5) is 0 Å². The number of nitrogens with zero attached hydrogens (tertiary/aromatic N) is 1. The molecule has 0 fully saturated rings. The number of rotatable bonds is 1. The Morgan fingerprint density at radius 2 is 2.50 bits per heavy atom. The Morgan fingerprint density at radius 3 is 2.62 bits per heavy atom. The van der Waals surface area contributed by atoms with Gasteiger partial charge in [0.25, 0.3) is 0 Å². The van der Waals surface area contributed by atoms with Gasteiger partial charge in [-0.05, 0) is 0 Å². The van der Waals surface area contributed by atoms with Crippen LogP contribution in [-0.4, -0.2) is 16.9 Å². The first-order valence-corrected chi connectivity index (χ1v) is 2.39. The van der Waals surface area contributed by atoms with Gasteiger partial charge in [-0.3, -0.25) is 4.79 Å². The minimum absolute atomic E-state index is 0.164. The lowest BCUT2D eigenvalue weighted by Crippen LogP contribution is -2.17. The molecule has 44 valence electrons. The Hall–Kier alpha value is -0.680. The molecule has 0 aromatic carbocycles. The maximum absolute atomic E-state index is 10.2. The number of halogens is 1. The average Bonchev–Trinajstić information content (AvgIpc) is 1.67. The van der Waals surface area contributed by atoms with Gasteiger partial charge >= 0.3 is 0 Å². The van der Waals surface area contributed by atoms with Crippen LogP contribution in [0, 0.1) is 12.3 Å². The normalized spacial score (nSPS) is 7.62. The largest absolute Gasteiger partial charge is 0.274 e. The van der Waals surface area contributed by atoms with Crippen molar-refractivity contribution in [3.05, 3.63) is 0 Å². The molecule has 0 aliphatic heterocycles. The quantitative estimate of drug-likeness (QED) is 0.378. The van der Waals surface area contributed by atoms with Gasteiger partial charge in [-0.2, -0.15) is 0 Å². The molecule has 0 atom stereocenters. The summed E-state index contributed by atoms with van der Waals surface area (Å²) in [5.41, 5.74) is 0. The van der Waals surface area contributed by atoms with Gasteiger partial charge < -0.3 is 0 Å². The smallest absolute Gasteiger partial charge is 0.234 e. The van der Waals surface area contributed by atoms with Crippen LogP contribution in [0.25, 0.3) is 0 Å². The average molecular weight is 132 g/mol. The van der Waals surface area contributed by atoms with Crippen molar-refractivity contribution in [2.75, 3.05) is 6.54 Å². The molecule has 0 heterocycles.